The number of benzene rings is 1. The van der Waals surface area contributed by atoms with Crippen LogP contribution in [0.2, 0.25) is 0 Å². The maximum absolute atomic E-state index is 12.4. The number of rotatable bonds is 7. The van der Waals surface area contributed by atoms with Crippen LogP contribution in [0.3, 0.4) is 0 Å². The molecule has 31 heavy (non-hydrogen) atoms. The molecular weight excluding hydrogens is 394 g/mol. The summed E-state index contributed by atoms with van der Waals surface area (Å²) in [6.07, 6.45) is 4.72. The molecule has 9 heteroatoms. The number of para-hydroxylation sites is 1. The van der Waals surface area contributed by atoms with E-state index in [9.17, 15) is 4.79 Å². The van der Waals surface area contributed by atoms with Crippen molar-refractivity contribution >= 4 is 16.6 Å². The number of nitrogens with zero attached hydrogens (tertiary/aromatic N) is 6. The van der Waals surface area contributed by atoms with Crippen molar-refractivity contribution in [1.29, 1.82) is 0 Å². The van der Waals surface area contributed by atoms with E-state index in [2.05, 4.69) is 33.7 Å². The lowest BCUT2D eigenvalue weighted by atomic mass is 10.1. The van der Waals surface area contributed by atoms with Gasteiger partial charge in [-0.2, -0.15) is 10.2 Å². The van der Waals surface area contributed by atoms with E-state index in [1.807, 2.05) is 31.0 Å². The van der Waals surface area contributed by atoms with Crippen LogP contribution in [-0.4, -0.2) is 35.9 Å². The standard InChI is InChI=1S/C22H25N7O2/c1-27-12-14(11-24-27)10-23-18-9-20(25-29(3)22(18)30)31-13-15-8-17(15)21-16-6-4-5-7-19(16)28(2)26-21/h4-7,9,11-12,15,17,23H,8,10,13H2,1-3H3/t15-,17+/m0/s1. The van der Waals surface area contributed by atoms with Crippen LogP contribution in [0.15, 0.2) is 47.5 Å². The molecule has 0 spiro atoms. The van der Waals surface area contributed by atoms with Crippen molar-refractivity contribution in [3.8, 4) is 5.88 Å². The molecule has 0 bridgehead atoms. The predicted molar refractivity (Wildman–Crippen MR) is 117 cm³/mol. The van der Waals surface area contributed by atoms with E-state index in [4.69, 9.17) is 9.84 Å². The molecule has 2 atom stereocenters. The molecule has 1 N–H and O–H groups in total. The van der Waals surface area contributed by atoms with E-state index >= 15 is 0 Å². The first kappa shape index (κ1) is 19.3. The molecule has 1 fully saturated rings. The predicted octanol–water partition coefficient (Wildman–Crippen LogP) is 2.20. The average Bonchev–Trinajstić information content (AvgIpc) is 3.29. The zero-order chi connectivity index (χ0) is 21.5. The van der Waals surface area contributed by atoms with Crippen LogP contribution in [0.25, 0.3) is 10.9 Å². The molecule has 0 saturated heterocycles. The lowest BCUT2D eigenvalue weighted by Crippen LogP contribution is -2.24. The summed E-state index contributed by atoms with van der Waals surface area (Å²) in [4.78, 5) is 12.4. The number of hydrogen-bond acceptors (Lipinski definition) is 6. The van der Waals surface area contributed by atoms with E-state index in [0.717, 1.165) is 23.2 Å². The first-order valence-electron chi connectivity index (χ1n) is 10.3. The minimum absolute atomic E-state index is 0.194. The fourth-order valence-electron chi connectivity index (χ4n) is 4.01. The van der Waals surface area contributed by atoms with Gasteiger partial charge >= 0.3 is 0 Å². The summed E-state index contributed by atoms with van der Waals surface area (Å²) < 4.78 is 10.9. The molecular formula is C22H25N7O2. The van der Waals surface area contributed by atoms with Crippen LogP contribution in [0.4, 0.5) is 5.69 Å². The highest BCUT2D eigenvalue weighted by atomic mass is 16.5. The summed E-state index contributed by atoms with van der Waals surface area (Å²) in [5.41, 5.74) is 3.54. The molecule has 1 aliphatic rings. The van der Waals surface area contributed by atoms with Crippen LogP contribution in [0, 0.1) is 5.92 Å². The lowest BCUT2D eigenvalue weighted by molar-refractivity contribution is 0.278. The Morgan fingerprint density at radius 3 is 2.81 bits per heavy atom. The highest BCUT2D eigenvalue weighted by Crippen LogP contribution is 2.48. The molecule has 0 aliphatic heterocycles. The molecule has 160 valence electrons. The molecule has 0 unspecified atom stereocenters. The van der Waals surface area contributed by atoms with Gasteiger partial charge in [-0.1, -0.05) is 18.2 Å². The normalized spacial score (nSPS) is 17.8. The molecule has 1 saturated carbocycles. The number of nitrogens with one attached hydrogen (secondary N) is 1. The Balaban J connectivity index is 1.25. The monoisotopic (exact) mass is 419 g/mol. The highest BCUT2D eigenvalue weighted by molar-refractivity contribution is 5.82. The minimum Gasteiger partial charge on any atom is -0.476 e. The summed E-state index contributed by atoms with van der Waals surface area (Å²) in [5.74, 6) is 1.22. The molecule has 0 radical (unpaired) electrons. The third-order valence-electron chi connectivity index (χ3n) is 5.79. The van der Waals surface area contributed by atoms with Crippen molar-refractivity contribution in [1.82, 2.24) is 29.3 Å². The SMILES string of the molecule is Cn1cc(CNc2cc(OC[C@@H]3C[C@H]3c3nn(C)c4ccccc34)nn(C)c2=O)cn1. The topological polar surface area (TPSA) is 91.8 Å². The maximum Gasteiger partial charge on any atom is 0.290 e. The summed E-state index contributed by atoms with van der Waals surface area (Å²) in [5, 5.41) is 17.5. The van der Waals surface area contributed by atoms with Gasteiger partial charge < -0.3 is 10.1 Å². The number of anilines is 1. The second-order valence-corrected chi connectivity index (χ2v) is 8.14. The van der Waals surface area contributed by atoms with Gasteiger partial charge in [-0.3, -0.25) is 14.2 Å². The fourth-order valence-corrected chi connectivity index (χ4v) is 4.01. The second kappa shape index (κ2) is 7.57. The Kier molecular flexibility index (Phi) is 4.72. The van der Waals surface area contributed by atoms with E-state index in [1.54, 1.807) is 24.0 Å². The van der Waals surface area contributed by atoms with E-state index in [0.29, 0.717) is 36.6 Å². The molecule has 3 aromatic heterocycles. The van der Waals surface area contributed by atoms with Crippen molar-refractivity contribution in [3.63, 3.8) is 0 Å². The molecule has 3 heterocycles. The van der Waals surface area contributed by atoms with Gasteiger partial charge in [0.2, 0.25) is 5.88 Å². The summed E-state index contributed by atoms with van der Waals surface area (Å²) in [6.45, 7) is 1.05. The summed E-state index contributed by atoms with van der Waals surface area (Å²) >= 11 is 0. The van der Waals surface area contributed by atoms with Gasteiger partial charge in [0.05, 0.1) is 24.0 Å². The number of hydrogen-bond donors (Lipinski definition) is 1. The second-order valence-electron chi connectivity index (χ2n) is 8.14. The Bertz CT molecular complexity index is 1300. The zero-order valence-electron chi connectivity index (χ0n) is 17.8. The van der Waals surface area contributed by atoms with Gasteiger partial charge in [-0.25, -0.2) is 4.68 Å². The van der Waals surface area contributed by atoms with E-state index in [1.165, 1.54) is 10.1 Å². The number of fused-ring (bicyclic) bond motifs is 1. The smallest absolute Gasteiger partial charge is 0.290 e. The zero-order valence-corrected chi connectivity index (χ0v) is 17.8. The quantitative estimate of drug-likeness (QED) is 0.494. The van der Waals surface area contributed by atoms with Gasteiger partial charge in [0.1, 0.15) is 5.69 Å². The number of ether oxygens (including phenoxy) is 1. The third-order valence-corrected chi connectivity index (χ3v) is 5.79. The summed E-state index contributed by atoms with van der Waals surface area (Å²) in [7, 11) is 5.47. The Morgan fingerprint density at radius 2 is 2.00 bits per heavy atom. The maximum atomic E-state index is 12.4. The average molecular weight is 419 g/mol. The lowest BCUT2D eigenvalue weighted by Gasteiger charge is -2.10. The van der Waals surface area contributed by atoms with Crippen molar-refractivity contribution < 1.29 is 4.74 Å². The molecule has 5 rings (SSSR count). The van der Waals surface area contributed by atoms with E-state index in [-0.39, 0.29) is 5.56 Å². The van der Waals surface area contributed by atoms with Crippen LogP contribution in [0.1, 0.15) is 23.6 Å². The largest absolute Gasteiger partial charge is 0.476 e. The number of aromatic nitrogens is 6. The molecule has 1 aliphatic carbocycles. The van der Waals surface area contributed by atoms with Crippen LogP contribution >= 0.6 is 0 Å². The van der Waals surface area contributed by atoms with Gasteiger partial charge in [-0.05, 0) is 12.5 Å². The van der Waals surface area contributed by atoms with Gasteiger partial charge in [-0.15, -0.1) is 5.10 Å². The highest BCUT2D eigenvalue weighted by Gasteiger charge is 2.42. The first-order valence-corrected chi connectivity index (χ1v) is 10.3. The fraction of sp³-hybridized carbons (Fsp3) is 0.364. The van der Waals surface area contributed by atoms with Crippen molar-refractivity contribution in [2.75, 3.05) is 11.9 Å². The summed E-state index contributed by atoms with van der Waals surface area (Å²) in [6, 6.07) is 9.98. The van der Waals surface area contributed by atoms with Crippen LogP contribution < -0.4 is 15.6 Å². The van der Waals surface area contributed by atoms with Gasteiger partial charge in [0.25, 0.3) is 5.56 Å². The van der Waals surface area contributed by atoms with Gasteiger partial charge in [0, 0.05) is 62.7 Å². The van der Waals surface area contributed by atoms with Crippen molar-refractivity contribution in [3.05, 3.63) is 64.3 Å². The van der Waals surface area contributed by atoms with Gasteiger partial charge in [0.15, 0.2) is 0 Å². The van der Waals surface area contributed by atoms with Crippen molar-refractivity contribution in [2.24, 2.45) is 27.1 Å². The Labute approximate surface area is 179 Å². The van der Waals surface area contributed by atoms with Crippen LogP contribution in [0.5, 0.6) is 5.88 Å². The molecule has 4 aromatic rings. The number of aryl methyl sites for hydroxylation is 3. The Morgan fingerprint density at radius 1 is 1.16 bits per heavy atom. The van der Waals surface area contributed by atoms with E-state index < -0.39 is 0 Å². The first-order chi connectivity index (χ1) is 15.0. The minimum atomic E-state index is -0.194. The third kappa shape index (κ3) is 3.78. The van der Waals surface area contributed by atoms with Crippen LogP contribution in [-0.2, 0) is 27.7 Å². The van der Waals surface area contributed by atoms with Crippen molar-refractivity contribution in [2.45, 2.75) is 18.9 Å². The Hall–Kier alpha value is -3.62. The molecule has 9 nitrogen and oxygen atoms in total. The molecule has 1 aromatic carbocycles. The molecule has 0 amide bonds.